The number of hydrogen-bond donors (Lipinski definition) is 1. The maximum atomic E-state index is 12.4. The van der Waals surface area contributed by atoms with E-state index in [9.17, 15) is 13.2 Å². The minimum absolute atomic E-state index is 0.246. The van der Waals surface area contributed by atoms with Gasteiger partial charge in [0.2, 0.25) is 10.0 Å². The van der Waals surface area contributed by atoms with Crippen LogP contribution in [-0.2, 0) is 20.6 Å². The van der Waals surface area contributed by atoms with Crippen LogP contribution in [0.3, 0.4) is 0 Å². The third-order valence-electron chi connectivity index (χ3n) is 3.53. The molecule has 0 unspecified atom stereocenters. The Morgan fingerprint density at radius 2 is 2.00 bits per heavy atom. The van der Waals surface area contributed by atoms with Crippen molar-refractivity contribution in [1.29, 1.82) is 5.26 Å². The number of nitrogens with zero attached hydrogens (tertiary/aromatic N) is 2. The van der Waals surface area contributed by atoms with Crippen LogP contribution in [0.15, 0.2) is 24.3 Å². The number of nitriles is 1. The quantitative estimate of drug-likeness (QED) is 0.904. The summed E-state index contributed by atoms with van der Waals surface area (Å²) in [5.74, 6) is -1.35. The Labute approximate surface area is 123 Å². The van der Waals surface area contributed by atoms with Crippen LogP contribution in [0.2, 0.25) is 0 Å². The number of rotatable bonds is 4. The number of carboxylic acids is 1. The zero-order valence-corrected chi connectivity index (χ0v) is 12.2. The van der Waals surface area contributed by atoms with Crippen LogP contribution < -0.4 is 0 Å². The second-order valence-electron chi connectivity index (χ2n) is 5.03. The van der Waals surface area contributed by atoms with Crippen LogP contribution in [0.5, 0.6) is 0 Å². The molecule has 2 rings (SSSR count). The average molecular weight is 308 g/mol. The van der Waals surface area contributed by atoms with E-state index < -0.39 is 22.0 Å². The largest absolute Gasteiger partial charge is 0.480 e. The SMILES string of the molecule is N#Cc1ccc(CS(=O)(=O)N2CCCC[C@H]2C(=O)O)cc1. The van der Waals surface area contributed by atoms with Crippen molar-refractivity contribution in [2.24, 2.45) is 0 Å². The Kier molecular flexibility index (Phi) is 4.60. The summed E-state index contributed by atoms with van der Waals surface area (Å²) in [5.41, 5.74) is 1.00. The fourth-order valence-corrected chi connectivity index (χ4v) is 4.22. The van der Waals surface area contributed by atoms with Crippen molar-refractivity contribution < 1.29 is 18.3 Å². The summed E-state index contributed by atoms with van der Waals surface area (Å²) in [7, 11) is -3.68. The van der Waals surface area contributed by atoms with Crippen LogP contribution in [0, 0.1) is 11.3 Å². The molecule has 1 aromatic rings. The van der Waals surface area contributed by atoms with Gasteiger partial charge in [0.05, 0.1) is 17.4 Å². The van der Waals surface area contributed by atoms with Crippen molar-refractivity contribution in [3.63, 3.8) is 0 Å². The van der Waals surface area contributed by atoms with E-state index in [0.717, 1.165) is 10.7 Å². The summed E-state index contributed by atoms with van der Waals surface area (Å²) in [6.45, 7) is 0.246. The number of aliphatic carboxylic acids is 1. The average Bonchev–Trinajstić information content (AvgIpc) is 2.47. The van der Waals surface area contributed by atoms with Gasteiger partial charge in [0.1, 0.15) is 6.04 Å². The molecule has 1 atom stereocenters. The van der Waals surface area contributed by atoms with Crippen molar-refractivity contribution in [1.82, 2.24) is 4.31 Å². The first-order valence-corrected chi connectivity index (χ1v) is 8.26. The number of benzene rings is 1. The summed E-state index contributed by atoms with van der Waals surface area (Å²) in [6.07, 6.45) is 1.75. The van der Waals surface area contributed by atoms with Gasteiger partial charge in [-0.25, -0.2) is 8.42 Å². The molecule has 0 amide bonds. The first kappa shape index (κ1) is 15.5. The Morgan fingerprint density at radius 1 is 1.33 bits per heavy atom. The van der Waals surface area contributed by atoms with Crippen LogP contribution in [0.25, 0.3) is 0 Å². The molecule has 7 heteroatoms. The van der Waals surface area contributed by atoms with Gasteiger partial charge in [-0.15, -0.1) is 0 Å². The molecule has 1 N–H and O–H groups in total. The summed E-state index contributed by atoms with van der Waals surface area (Å²) in [4.78, 5) is 11.2. The highest BCUT2D eigenvalue weighted by molar-refractivity contribution is 7.88. The maximum absolute atomic E-state index is 12.4. The molecule has 1 aliphatic rings. The minimum atomic E-state index is -3.68. The van der Waals surface area contributed by atoms with Gasteiger partial charge in [0.15, 0.2) is 0 Å². The van der Waals surface area contributed by atoms with Crippen molar-refractivity contribution in [2.45, 2.75) is 31.1 Å². The van der Waals surface area contributed by atoms with Gasteiger partial charge in [0.25, 0.3) is 0 Å². The lowest BCUT2D eigenvalue weighted by molar-refractivity contribution is -0.142. The van der Waals surface area contributed by atoms with E-state index in [1.165, 1.54) is 0 Å². The van der Waals surface area contributed by atoms with E-state index in [0.29, 0.717) is 24.0 Å². The van der Waals surface area contributed by atoms with Crippen LogP contribution >= 0.6 is 0 Å². The molecule has 21 heavy (non-hydrogen) atoms. The smallest absolute Gasteiger partial charge is 0.322 e. The van der Waals surface area contributed by atoms with Gasteiger partial charge in [-0.2, -0.15) is 9.57 Å². The van der Waals surface area contributed by atoms with E-state index in [-0.39, 0.29) is 12.3 Å². The van der Waals surface area contributed by atoms with Gasteiger partial charge in [0, 0.05) is 6.54 Å². The standard InChI is InChI=1S/C14H16N2O4S/c15-9-11-4-6-12(7-5-11)10-21(19,20)16-8-2-1-3-13(16)14(17)18/h4-7,13H,1-3,8,10H2,(H,17,18)/t13-/m0/s1. The first-order valence-electron chi connectivity index (χ1n) is 6.65. The van der Waals surface area contributed by atoms with Crippen molar-refractivity contribution in [3.05, 3.63) is 35.4 Å². The molecule has 1 aromatic carbocycles. The monoisotopic (exact) mass is 308 g/mol. The highest BCUT2D eigenvalue weighted by Crippen LogP contribution is 2.23. The molecule has 1 saturated heterocycles. The third-order valence-corrected chi connectivity index (χ3v) is 5.38. The van der Waals surface area contributed by atoms with Crippen molar-refractivity contribution in [3.8, 4) is 6.07 Å². The third kappa shape index (κ3) is 3.60. The highest BCUT2D eigenvalue weighted by atomic mass is 32.2. The molecule has 0 radical (unpaired) electrons. The number of piperidine rings is 1. The second-order valence-corrected chi connectivity index (χ2v) is 6.95. The van der Waals surface area contributed by atoms with Gasteiger partial charge in [-0.1, -0.05) is 12.1 Å². The molecular formula is C14H16N2O4S. The lowest BCUT2D eigenvalue weighted by Gasteiger charge is -2.31. The molecule has 1 aliphatic heterocycles. The molecule has 6 nitrogen and oxygen atoms in total. The minimum Gasteiger partial charge on any atom is -0.480 e. The Bertz CT molecular complexity index is 661. The van der Waals surface area contributed by atoms with Crippen LogP contribution in [0.1, 0.15) is 30.4 Å². The lowest BCUT2D eigenvalue weighted by atomic mass is 10.1. The second kappa shape index (κ2) is 6.24. The molecule has 0 spiro atoms. The summed E-state index contributed by atoms with van der Waals surface area (Å²) in [5, 5.41) is 17.9. The van der Waals surface area contributed by atoms with Gasteiger partial charge in [-0.05, 0) is 37.0 Å². The van der Waals surface area contributed by atoms with Crippen molar-refractivity contribution in [2.75, 3.05) is 6.54 Å². The number of carbonyl (C=O) groups is 1. The number of hydrogen-bond acceptors (Lipinski definition) is 4. The predicted molar refractivity (Wildman–Crippen MR) is 75.8 cm³/mol. The normalized spacial score (nSPS) is 19.9. The molecule has 1 fully saturated rings. The zero-order chi connectivity index (χ0) is 15.5. The molecule has 0 aromatic heterocycles. The lowest BCUT2D eigenvalue weighted by Crippen LogP contribution is -2.48. The van der Waals surface area contributed by atoms with Gasteiger partial charge >= 0.3 is 5.97 Å². The number of carboxylic acid groups (broad SMARTS) is 1. The van der Waals surface area contributed by atoms with Crippen molar-refractivity contribution >= 4 is 16.0 Å². The first-order chi connectivity index (χ1) is 9.94. The summed E-state index contributed by atoms with van der Waals surface area (Å²) >= 11 is 0. The molecule has 0 bridgehead atoms. The Hall–Kier alpha value is -1.91. The highest BCUT2D eigenvalue weighted by Gasteiger charge is 2.36. The predicted octanol–water partition coefficient (Wildman–Crippen LogP) is 1.33. The summed E-state index contributed by atoms with van der Waals surface area (Å²) < 4.78 is 25.9. The molecular weight excluding hydrogens is 292 g/mol. The zero-order valence-electron chi connectivity index (χ0n) is 11.4. The maximum Gasteiger partial charge on any atom is 0.322 e. The van der Waals surface area contributed by atoms with E-state index >= 15 is 0 Å². The fourth-order valence-electron chi connectivity index (χ4n) is 2.45. The topological polar surface area (TPSA) is 98.5 Å². The van der Waals surface area contributed by atoms with E-state index in [2.05, 4.69) is 0 Å². The van der Waals surface area contributed by atoms with Gasteiger partial charge in [-0.3, -0.25) is 4.79 Å². The number of sulfonamides is 1. The van der Waals surface area contributed by atoms with Gasteiger partial charge < -0.3 is 5.11 Å². The molecule has 1 heterocycles. The van der Waals surface area contributed by atoms with Crippen LogP contribution in [-0.4, -0.2) is 36.4 Å². The Morgan fingerprint density at radius 3 is 2.57 bits per heavy atom. The van der Waals surface area contributed by atoms with E-state index in [1.807, 2.05) is 6.07 Å². The van der Waals surface area contributed by atoms with E-state index in [1.54, 1.807) is 24.3 Å². The fraction of sp³-hybridized carbons (Fsp3) is 0.429. The molecule has 0 saturated carbocycles. The Balaban J connectivity index is 2.20. The molecule has 0 aliphatic carbocycles. The summed E-state index contributed by atoms with van der Waals surface area (Å²) in [6, 6.07) is 7.26. The van der Waals surface area contributed by atoms with Crippen LogP contribution in [0.4, 0.5) is 0 Å². The molecule has 112 valence electrons. The van der Waals surface area contributed by atoms with E-state index in [4.69, 9.17) is 10.4 Å².